The topological polar surface area (TPSA) is 45.8 Å². The van der Waals surface area contributed by atoms with Crippen molar-refractivity contribution >= 4 is 23.2 Å². The molecule has 0 aliphatic carbocycles. The highest BCUT2D eigenvalue weighted by atomic mass is 35.5. The van der Waals surface area contributed by atoms with Crippen LogP contribution in [0.25, 0.3) is 22.4 Å². The van der Waals surface area contributed by atoms with Gasteiger partial charge in [0.1, 0.15) is 11.6 Å². The summed E-state index contributed by atoms with van der Waals surface area (Å²) in [5.74, 6) is 0. The fourth-order valence-electron chi connectivity index (χ4n) is 2.79. The van der Waals surface area contributed by atoms with Gasteiger partial charge in [0.15, 0.2) is 0 Å². The minimum atomic E-state index is -0.303. The first-order chi connectivity index (χ1) is 12.0. The van der Waals surface area contributed by atoms with Gasteiger partial charge in [-0.2, -0.15) is 5.26 Å². The van der Waals surface area contributed by atoms with Crippen molar-refractivity contribution in [3.05, 3.63) is 80.6 Å². The normalized spacial score (nSPS) is 10.5. The molecule has 0 fully saturated rings. The van der Waals surface area contributed by atoms with Gasteiger partial charge in [-0.3, -0.25) is 4.79 Å². The molecule has 3 rings (SSSR count). The van der Waals surface area contributed by atoms with Gasteiger partial charge in [-0.05, 0) is 48.4 Å². The van der Waals surface area contributed by atoms with Crippen LogP contribution < -0.4 is 5.56 Å². The molecule has 5 heteroatoms. The molecule has 0 unspecified atom stereocenters. The number of pyridine rings is 1. The number of nitrogens with zero attached hydrogens (tertiary/aromatic N) is 2. The van der Waals surface area contributed by atoms with E-state index in [1.165, 1.54) is 0 Å². The lowest BCUT2D eigenvalue weighted by molar-refractivity contribution is 0.734. The number of benzene rings is 2. The summed E-state index contributed by atoms with van der Waals surface area (Å²) in [7, 11) is 0. The van der Waals surface area contributed by atoms with Gasteiger partial charge in [-0.15, -0.1) is 0 Å². The molecule has 1 heterocycles. The predicted octanol–water partition coefficient (Wildman–Crippen LogP) is 5.38. The molecule has 0 N–H and O–H groups in total. The molecule has 0 aliphatic rings. The zero-order chi connectivity index (χ0) is 18.0. The lowest BCUT2D eigenvalue weighted by Gasteiger charge is -2.15. The summed E-state index contributed by atoms with van der Waals surface area (Å²) in [6, 6.07) is 18.3. The molecule has 0 bridgehead atoms. The lowest BCUT2D eigenvalue weighted by Crippen LogP contribution is -2.24. The van der Waals surface area contributed by atoms with Gasteiger partial charge in [-0.1, -0.05) is 47.5 Å². The van der Waals surface area contributed by atoms with Gasteiger partial charge < -0.3 is 4.57 Å². The molecule has 25 heavy (non-hydrogen) atoms. The smallest absolute Gasteiger partial charge is 0.269 e. The Labute approximate surface area is 155 Å². The summed E-state index contributed by atoms with van der Waals surface area (Å²) < 4.78 is 1.60. The van der Waals surface area contributed by atoms with E-state index in [-0.39, 0.29) is 11.1 Å². The van der Waals surface area contributed by atoms with E-state index in [9.17, 15) is 10.1 Å². The Balaban J connectivity index is 2.32. The van der Waals surface area contributed by atoms with Crippen LogP contribution in [0.3, 0.4) is 0 Å². The first-order valence-corrected chi connectivity index (χ1v) is 8.50. The van der Waals surface area contributed by atoms with E-state index in [1.54, 1.807) is 41.0 Å². The molecular formula is C20H14Cl2N2O. The van der Waals surface area contributed by atoms with Crippen LogP contribution in [0, 0.1) is 11.3 Å². The van der Waals surface area contributed by atoms with Crippen LogP contribution in [0.5, 0.6) is 0 Å². The van der Waals surface area contributed by atoms with Crippen LogP contribution in [0.15, 0.2) is 59.4 Å². The van der Waals surface area contributed by atoms with Crippen molar-refractivity contribution in [1.29, 1.82) is 5.26 Å². The van der Waals surface area contributed by atoms with Crippen LogP contribution in [-0.2, 0) is 6.54 Å². The van der Waals surface area contributed by atoms with Crippen molar-refractivity contribution in [3.8, 4) is 28.5 Å². The Kier molecular flexibility index (Phi) is 4.94. The Morgan fingerprint density at radius 3 is 1.96 bits per heavy atom. The van der Waals surface area contributed by atoms with Gasteiger partial charge in [0, 0.05) is 22.2 Å². The Hall–Kier alpha value is -2.54. The maximum Gasteiger partial charge on any atom is 0.269 e. The highest BCUT2D eigenvalue weighted by Crippen LogP contribution is 2.29. The summed E-state index contributed by atoms with van der Waals surface area (Å²) in [6.07, 6.45) is 0. The number of aromatic nitrogens is 1. The van der Waals surface area contributed by atoms with Crippen LogP contribution in [0.4, 0.5) is 0 Å². The summed E-state index contributed by atoms with van der Waals surface area (Å²) in [4.78, 5) is 12.8. The van der Waals surface area contributed by atoms with Crippen molar-refractivity contribution in [3.63, 3.8) is 0 Å². The molecule has 0 spiro atoms. The molecule has 0 radical (unpaired) electrons. The average Bonchev–Trinajstić information content (AvgIpc) is 2.62. The SMILES string of the molecule is CCn1c(-c2ccc(Cl)cc2)cc(-c2ccc(Cl)cc2)c(C#N)c1=O. The second-order valence-electron chi connectivity index (χ2n) is 5.49. The number of halogens is 2. The molecule has 0 saturated heterocycles. The summed E-state index contributed by atoms with van der Waals surface area (Å²) >= 11 is 11.9. The molecule has 0 amide bonds. The molecule has 124 valence electrons. The van der Waals surface area contributed by atoms with Crippen molar-refractivity contribution in [1.82, 2.24) is 4.57 Å². The largest absolute Gasteiger partial charge is 0.307 e. The first kappa shape index (κ1) is 17.3. The minimum absolute atomic E-state index is 0.127. The van der Waals surface area contributed by atoms with E-state index < -0.39 is 0 Å². The number of hydrogen-bond acceptors (Lipinski definition) is 2. The van der Waals surface area contributed by atoms with Crippen LogP contribution in [-0.4, -0.2) is 4.57 Å². The second-order valence-corrected chi connectivity index (χ2v) is 6.37. The fourth-order valence-corrected chi connectivity index (χ4v) is 3.04. The molecular weight excluding hydrogens is 355 g/mol. The average molecular weight is 369 g/mol. The van der Waals surface area contributed by atoms with Gasteiger partial charge in [-0.25, -0.2) is 0 Å². The molecule has 3 aromatic rings. The number of rotatable bonds is 3. The highest BCUT2D eigenvalue weighted by molar-refractivity contribution is 6.30. The zero-order valence-electron chi connectivity index (χ0n) is 13.5. The third kappa shape index (κ3) is 3.32. The fraction of sp³-hybridized carbons (Fsp3) is 0.100. The molecule has 0 saturated carbocycles. The Bertz CT molecular complexity index is 1010. The standard InChI is InChI=1S/C20H14Cl2N2O/c1-2-24-19(14-5-9-16(22)10-6-14)11-17(18(12-23)20(24)25)13-3-7-15(21)8-4-13/h3-11H,2H2,1H3. The highest BCUT2D eigenvalue weighted by Gasteiger charge is 2.16. The zero-order valence-corrected chi connectivity index (χ0v) is 15.0. The third-order valence-corrected chi connectivity index (χ3v) is 4.53. The van der Waals surface area contributed by atoms with E-state index in [0.717, 1.165) is 16.8 Å². The summed E-state index contributed by atoms with van der Waals surface area (Å²) in [5, 5.41) is 10.8. The second kappa shape index (κ2) is 7.14. The predicted molar refractivity (Wildman–Crippen MR) is 102 cm³/mol. The van der Waals surface area contributed by atoms with E-state index >= 15 is 0 Å². The number of nitriles is 1. The molecule has 0 atom stereocenters. The van der Waals surface area contributed by atoms with Gasteiger partial charge in [0.2, 0.25) is 0 Å². The summed E-state index contributed by atoms with van der Waals surface area (Å²) in [5.41, 5.74) is 2.80. The maximum atomic E-state index is 12.8. The van der Waals surface area contributed by atoms with Crippen LogP contribution in [0.2, 0.25) is 10.0 Å². The molecule has 1 aromatic heterocycles. The van der Waals surface area contributed by atoms with Crippen LogP contribution in [0.1, 0.15) is 12.5 Å². The molecule has 0 aliphatic heterocycles. The maximum absolute atomic E-state index is 12.8. The van der Waals surface area contributed by atoms with Crippen molar-refractivity contribution in [2.45, 2.75) is 13.5 Å². The summed E-state index contributed by atoms with van der Waals surface area (Å²) in [6.45, 7) is 2.34. The van der Waals surface area contributed by atoms with Crippen molar-refractivity contribution in [2.24, 2.45) is 0 Å². The monoisotopic (exact) mass is 368 g/mol. The van der Waals surface area contributed by atoms with E-state index in [0.29, 0.717) is 22.2 Å². The van der Waals surface area contributed by atoms with Crippen molar-refractivity contribution < 1.29 is 0 Å². The van der Waals surface area contributed by atoms with Crippen molar-refractivity contribution in [2.75, 3.05) is 0 Å². The van der Waals surface area contributed by atoms with Gasteiger partial charge in [0.05, 0.1) is 5.69 Å². The quantitative estimate of drug-likeness (QED) is 0.622. The number of hydrogen-bond donors (Lipinski definition) is 0. The van der Waals surface area contributed by atoms with Gasteiger partial charge >= 0.3 is 0 Å². The first-order valence-electron chi connectivity index (χ1n) is 7.75. The van der Waals surface area contributed by atoms with E-state index in [4.69, 9.17) is 23.2 Å². The lowest BCUT2D eigenvalue weighted by atomic mass is 9.98. The third-order valence-electron chi connectivity index (χ3n) is 4.02. The molecule has 3 nitrogen and oxygen atoms in total. The van der Waals surface area contributed by atoms with Crippen LogP contribution >= 0.6 is 23.2 Å². The van der Waals surface area contributed by atoms with E-state index in [1.807, 2.05) is 25.1 Å². The molecule has 2 aromatic carbocycles. The van der Waals surface area contributed by atoms with E-state index in [2.05, 4.69) is 6.07 Å². The Morgan fingerprint density at radius 1 is 0.960 bits per heavy atom. The minimum Gasteiger partial charge on any atom is -0.307 e. The van der Waals surface area contributed by atoms with Gasteiger partial charge in [0.25, 0.3) is 5.56 Å². The Morgan fingerprint density at radius 2 is 1.48 bits per heavy atom.